The standard InChI is InChI=1S/C15H30O2/c1-4-5-6-7-8-9-10-11-12-17-15(13-16)14(2)3/h13-15H,4-12H2,1-3H3/t15-/m1/s1. The van der Waals surface area contributed by atoms with E-state index in [1.165, 1.54) is 44.9 Å². The number of unbranched alkanes of at least 4 members (excludes halogenated alkanes) is 7. The Morgan fingerprint density at radius 1 is 0.941 bits per heavy atom. The topological polar surface area (TPSA) is 26.3 Å². The van der Waals surface area contributed by atoms with Gasteiger partial charge in [-0.05, 0) is 12.3 Å². The molecule has 0 saturated heterocycles. The number of hydrogen-bond donors (Lipinski definition) is 0. The molecule has 0 unspecified atom stereocenters. The second-order valence-electron chi connectivity index (χ2n) is 5.19. The van der Waals surface area contributed by atoms with Crippen LogP contribution in [0.5, 0.6) is 0 Å². The molecular formula is C15H30O2. The summed E-state index contributed by atoms with van der Waals surface area (Å²) in [5, 5.41) is 0. The molecule has 0 amide bonds. The predicted octanol–water partition coefficient (Wildman–Crippen LogP) is 4.37. The average molecular weight is 242 g/mol. The molecule has 0 rings (SSSR count). The van der Waals surface area contributed by atoms with E-state index in [0.717, 1.165) is 19.3 Å². The molecule has 2 nitrogen and oxygen atoms in total. The summed E-state index contributed by atoms with van der Waals surface area (Å²) < 4.78 is 5.53. The van der Waals surface area contributed by atoms with Gasteiger partial charge in [0.1, 0.15) is 12.4 Å². The van der Waals surface area contributed by atoms with Gasteiger partial charge in [-0.2, -0.15) is 0 Å². The van der Waals surface area contributed by atoms with Crippen LogP contribution in [0.4, 0.5) is 0 Å². The van der Waals surface area contributed by atoms with E-state index in [1.807, 2.05) is 13.8 Å². The Morgan fingerprint density at radius 3 is 1.94 bits per heavy atom. The molecule has 102 valence electrons. The zero-order valence-corrected chi connectivity index (χ0v) is 11.9. The van der Waals surface area contributed by atoms with E-state index in [0.29, 0.717) is 5.92 Å². The fourth-order valence-corrected chi connectivity index (χ4v) is 1.84. The molecule has 0 heterocycles. The minimum atomic E-state index is -0.209. The Balaban J connectivity index is 3.20. The summed E-state index contributed by atoms with van der Waals surface area (Å²) in [6.07, 6.45) is 11.1. The molecule has 0 aromatic rings. The van der Waals surface area contributed by atoms with Gasteiger partial charge in [0, 0.05) is 6.61 Å². The van der Waals surface area contributed by atoms with Gasteiger partial charge in [-0.25, -0.2) is 0 Å². The van der Waals surface area contributed by atoms with E-state index in [2.05, 4.69) is 6.92 Å². The molecule has 0 saturated carbocycles. The van der Waals surface area contributed by atoms with Crippen molar-refractivity contribution in [1.82, 2.24) is 0 Å². The van der Waals surface area contributed by atoms with Crippen molar-refractivity contribution in [1.29, 1.82) is 0 Å². The maximum absolute atomic E-state index is 10.7. The molecule has 0 bridgehead atoms. The number of hydrogen-bond acceptors (Lipinski definition) is 2. The monoisotopic (exact) mass is 242 g/mol. The maximum atomic E-state index is 10.7. The SMILES string of the molecule is CCCCCCCCCCO[C@H](C=O)C(C)C. The fourth-order valence-electron chi connectivity index (χ4n) is 1.84. The first-order valence-electron chi connectivity index (χ1n) is 7.29. The van der Waals surface area contributed by atoms with Crippen LogP contribution in [0.25, 0.3) is 0 Å². The van der Waals surface area contributed by atoms with Gasteiger partial charge in [0.15, 0.2) is 0 Å². The highest BCUT2D eigenvalue weighted by molar-refractivity contribution is 5.56. The van der Waals surface area contributed by atoms with Crippen molar-refractivity contribution in [2.75, 3.05) is 6.61 Å². The van der Waals surface area contributed by atoms with Gasteiger partial charge in [-0.3, -0.25) is 0 Å². The number of ether oxygens (including phenoxy) is 1. The quantitative estimate of drug-likeness (QED) is 0.375. The van der Waals surface area contributed by atoms with E-state index < -0.39 is 0 Å². The van der Waals surface area contributed by atoms with Gasteiger partial charge in [-0.15, -0.1) is 0 Å². The molecule has 0 fully saturated rings. The Morgan fingerprint density at radius 2 is 1.47 bits per heavy atom. The first-order chi connectivity index (χ1) is 8.22. The zero-order chi connectivity index (χ0) is 12.9. The highest BCUT2D eigenvalue weighted by Crippen LogP contribution is 2.09. The predicted molar refractivity (Wildman–Crippen MR) is 73.3 cm³/mol. The molecule has 0 aromatic heterocycles. The van der Waals surface area contributed by atoms with E-state index in [9.17, 15) is 4.79 Å². The number of carbonyl (C=O) groups is 1. The van der Waals surface area contributed by atoms with E-state index in [4.69, 9.17) is 4.74 Å². The van der Waals surface area contributed by atoms with Gasteiger partial charge in [0.05, 0.1) is 0 Å². The Labute approximate surface area is 107 Å². The molecule has 1 atom stereocenters. The smallest absolute Gasteiger partial charge is 0.149 e. The van der Waals surface area contributed by atoms with Crippen molar-refractivity contribution >= 4 is 6.29 Å². The first-order valence-corrected chi connectivity index (χ1v) is 7.29. The molecule has 0 aliphatic rings. The maximum Gasteiger partial charge on any atom is 0.149 e. The van der Waals surface area contributed by atoms with Crippen molar-refractivity contribution in [3.8, 4) is 0 Å². The van der Waals surface area contributed by atoms with Crippen molar-refractivity contribution in [2.24, 2.45) is 5.92 Å². The molecule has 0 aromatic carbocycles. The van der Waals surface area contributed by atoms with Crippen LogP contribution in [0, 0.1) is 5.92 Å². The second-order valence-corrected chi connectivity index (χ2v) is 5.19. The Hall–Kier alpha value is -0.370. The second kappa shape index (κ2) is 12.1. The lowest BCUT2D eigenvalue weighted by Crippen LogP contribution is -2.21. The van der Waals surface area contributed by atoms with Crippen LogP contribution in [-0.2, 0) is 9.53 Å². The molecular weight excluding hydrogens is 212 g/mol. The van der Waals surface area contributed by atoms with Gasteiger partial charge in [0.2, 0.25) is 0 Å². The largest absolute Gasteiger partial charge is 0.370 e. The summed E-state index contributed by atoms with van der Waals surface area (Å²) in [5.74, 6) is 0.293. The van der Waals surface area contributed by atoms with E-state index >= 15 is 0 Å². The van der Waals surface area contributed by atoms with Gasteiger partial charge < -0.3 is 9.53 Å². The molecule has 0 spiro atoms. The third kappa shape index (κ3) is 10.5. The number of rotatable bonds is 12. The van der Waals surface area contributed by atoms with Crippen LogP contribution in [0.2, 0.25) is 0 Å². The number of aldehydes is 1. The third-order valence-electron chi connectivity index (χ3n) is 3.10. The molecule has 0 radical (unpaired) electrons. The lowest BCUT2D eigenvalue weighted by atomic mass is 10.1. The highest BCUT2D eigenvalue weighted by Gasteiger charge is 2.11. The summed E-state index contributed by atoms with van der Waals surface area (Å²) >= 11 is 0. The normalized spacial score (nSPS) is 12.9. The third-order valence-corrected chi connectivity index (χ3v) is 3.10. The molecule has 17 heavy (non-hydrogen) atoms. The highest BCUT2D eigenvalue weighted by atomic mass is 16.5. The molecule has 2 heteroatoms. The first kappa shape index (κ1) is 16.6. The minimum absolute atomic E-state index is 0.209. The fraction of sp³-hybridized carbons (Fsp3) is 0.933. The molecule has 0 aliphatic heterocycles. The van der Waals surface area contributed by atoms with Crippen molar-refractivity contribution in [3.63, 3.8) is 0 Å². The molecule has 0 N–H and O–H groups in total. The van der Waals surface area contributed by atoms with Crippen molar-refractivity contribution in [3.05, 3.63) is 0 Å². The van der Waals surface area contributed by atoms with Crippen LogP contribution >= 0.6 is 0 Å². The summed E-state index contributed by atoms with van der Waals surface area (Å²) in [7, 11) is 0. The van der Waals surface area contributed by atoms with Crippen molar-refractivity contribution in [2.45, 2.75) is 78.2 Å². The Bertz CT molecular complexity index is 166. The minimum Gasteiger partial charge on any atom is -0.370 e. The zero-order valence-electron chi connectivity index (χ0n) is 11.9. The van der Waals surface area contributed by atoms with Crippen LogP contribution in [-0.4, -0.2) is 19.0 Å². The van der Waals surface area contributed by atoms with Crippen LogP contribution in [0.15, 0.2) is 0 Å². The van der Waals surface area contributed by atoms with E-state index in [1.54, 1.807) is 0 Å². The molecule has 0 aliphatic carbocycles. The van der Waals surface area contributed by atoms with E-state index in [-0.39, 0.29) is 6.10 Å². The van der Waals surface area contributed by atoms with Gasteiger partial charge >= 0.3 is 0 Å². The summed E-state index contributed by atoms with van der Waals surface area (Å²) in [5.41, 5.74) is 0. The van der Waals surface area contributed by atoms with Gasteiger partial charge in [-0.1, -0.05) is 65.7 Å². The van der Waals surface area contributed by atoms with Crippen LogP contribution in [0.3, 0.4) is 0 Å². The van der Waals surface area contributed by atoms with Gasteiger partial charge in [0.25, 0.3) is 0 Å². The summed E-state index contributed by atoms with van der Waals surface area (Å²) in [6.45, 7) is 7.02. The lowest BCUT2D eigenvalue weighted by Gasteiger charge is -2.14. The van der Waals surface area contributed by atoms with Crippen LogP contribution < -0.4 is 0 Å². The summed E-state index contributed by atoms with van der Waals surface area (Å²) in [4.78, 5) is 10.7. The summed E-state index contributed by atoms with van der Waals surface area (Å²) in [6, 6.07) is 0. The average Bonchev–Trinajstić information content (AvgIpc) is 2.31. The van der Waals surface area contributed by atoms with Crippen LogP contribution in [0.1, 0.15) is 72.1 Å². The Kier molecular flexibility index (Phi) is 11.8. The number of carbonyl (C=O) groups excluding carboxylic acids is 1. The van der Waals surface area contributed by atoms with Crippen molar-refractivity contribution < 1.29 is 9.53 Å². The lowest BCUT2D eigenvalue weighted by molar-refractivity contribution is -0.120.